The Kier molecular flexibility index (Phi) is 5.18. The van der Waals surface area contributed by atoms with Gasteiger partial charge in [-0.1, -0.05) is 0 Å². The predicted octanol–water partition coefficient (Wildman–Crippen LogP) is 1.44. The van der Waals surface area contributed by atoms with Gasteiger partial charge in [-0.15, -0.1) is 0 Å². The van der Waals surface area contributed by atoms with Crippen molar-refractivity contribution >= 4 is 5.91 Å². The van der Waals surface area contributed by atoms with E-state index in [4.69, 9.17) is 15.2 Å². The maximum absolute atomic E-state index is 13.0. The Bertz CT molecular complexity index is 746. The van der Waals surface area contributed by atoms with Gasteiger partial charge in [0.2, 0.25) is 0 Å². The molecule has 1 saturated heterocycles. The first kappa shape index (κ1) is 17.2. The number of carbonyl (C=O) groups is 1. The summed E-state index contributed by atoms with van der Waals surface area (Å²) in [6.45, 7) is 3.28. The Morgan fingerprint density at radius 3 is 2.96 bits per heavy atom. The number of nitrogens with zero attached hydrogens (tertiary/aromatic N) is 3. The average Bonchev–Trinajstić information content (AvgIpc) is 3.27. The van der Waals surface area contributed by atoms with Crippen molar-refractivity contribution in [1.82, 2.24) is 20.1 Å². The van der Waals surface area contributed by atoms with Crippen molar-refractivity contribution in [3.63, 3.8) is 0 Å². The Hall–Kier alpha value is -2.61. The van der Waals surface area contributed by atoms with E-state index in [1.165, 1.54) is 0 Å². The van der Waals surface area contributed by atoms with Crippen LogP contribution >= 0.6 is 0 Å². The van der Waals surface area contributed by atoms with E-state index in [0.717, 1.165) is 18.7 Å². The van der Waals surface area contributed by atoms with Crippen LogP contribution in [0.5, 0.6) is 11.5 Å². The van der Waals surface area contributed by atoms with Crippen LogP contribution in [0, 0.1) is 6.92 Å². The van der Waals surface area contributed by atoms with E-state index in [1.54, 1.807) is 25.3 Å². The molecule has 1 aliphatic heterocycles. The van der Waals surface area contributed by atoms with Crippen molar-refractivity contribution in [2.24, 2.45) is 5.73 Å². The number of carbonyl (C=O) groups excluding carboxylic acids is 1. The van der Waals surface area contributed by atoms with Gasteiger partial charge < -0.3 is 20.1 Å². The lowest BCUT2D eigenvalue weighted by molar-refractivity contribution is 0.0729. The molecule has 1 unspecified atom stereocenters. The number of hydrogen-bond donors (Lipinski definition) is 2. The van der Waals surface area contributed by atoms with Crippen LogP contribution in [0.15, 0.2) is 18.2 Å². The minimum atomic E-state index is -0.104. The molecule has 1 aliphatic rings. The minimum absolute atomic E-state index is 0.0646. The van der Waals surface area contributed by atoms with Gasteiger partial charge in [0, 0.05) is 18.7 Å². The molecule has 1 atom stereocenters. The van der Waals surface area contributed by atoms with Crippen LogP contribution in [0.25, 0.3) is 0 Å². The first-order valence-corrected chi connectivity index (χ1v) is 8.34. The second-order valence-electron chi connectivity index (χ2n) is 5.94. The molecule has 2 heterocycles. The summed E-state index contributed by atoms with van der Waals surface area (Å²) >= 11 is 0. The van der Waals surface area contributed by atoms with Crippen molar-refractivity contribution in [3.05, 3.63) is 35.4 Å². The smallest absolute Gasteiger partial charge is 0.254 e. The molecule has 3 rings (SSSR count). The van der Waals surface area contributed by atoms with E-state index in [-0.39, 0.29) is 11.9 Å². The van der Waals surface area contributed by atoms with Gasteiger partial charge >= 0.3 is 0 Å². The highest BCUT2D eigenvalue weighted by atomic mass is 16.5. The van der Waals surface area contributed by atoms with E-state index in [9.17, 15) is 4.79 Å². The van der Waals surface area contributed by atoms with Crippen molar-refractivity contribution < 1.29 is 14.3 Å². The quantitative estimate of drug-likeness (QED) is 0.820. The molecular formula is C17H23N5O3. The molecule has 8 heteroatoms. The van der Waals surface area contributed by atoms with Gasteiger partial charge in [0.25, 0.3) is 5.91 Å². The summed E-state index contributed by atoms with van der Waals surface area (Å²) < 4.78 is 10.9. The molecule has 0 aliphatic carbocycles. The summed E-state index contributed by atoms with van der Waals surface area (Å²) in [7, 11) is 1.56. The Morgan fingerprint density at radius 2 is 2.28 bits per heavy atom. The zero-order valence-electron chi connectivity index (χ0n) is 14.5. The molecule has 134 valence electrons. The van der Waals surface area contributed by atoms with Gasteiger partial charge in [0.15, 0.2) is 17.3 Å². The van der Waals surface area contributed by atoms with Gasteiger partial charge in [0.05, 0.1) is 13.2 Å². The van der Waals surface area contributed by atoms with E-state index >= 15 is 0 Å². The molecule has 0 radical (unpaired) electrons. The highest BCUT2D eigenvalue weighted by Crippen LogP contribution is 2.33. The van der Waals surface area contributed by atoms with Gasteiger partial charge in [-0.2, -0.15) is 5.10 Å². The second-order valence-corrected chi connectivity index (χ2v) is 5.94. The van der Waals surface area contributed by atoms with E-state index in [0.29, 0.717) is 42.6 Å². The van der Waals surface area contributed by atoms with Crippen molar-refractivity contribution in [1.29, 1.82) is 0 Å². The topological polar surface area (TPSA) is 106 Å². The summed E-state index contributed by atoms with van der Waals surface area (Å²) in [5.74, 6) is 2.44. The fraction of sp³-hybridized carbons (Fsp3) is 0.471. The maximum Gasteiger partial charge on any atom is 0.254 e. The van der Waals surface area contributed by atoms with E-state index in [2.05, 4.69) is 15.2 Å². The molecule has 0 spiro atoms. The number of hydrogen-bond acceptors (Lipinski definition) is 6. The maximum atomic E-state index is 13.0. The number of aryl methyl sites for hydroxylation is 1. The van der Waals surface area contributed by atoms with Gasteiger partial charge in [-0.05, 0) is 38.0 Å². The molecule has 8 nitrogen and oxygen atoms in total. The zero-order chi connectivity index (χ0) is 17.8. The molecule has 3 N–H and O–H groups in total. The number of benzene rings is 1. The summed E-state index contributed by atoms with van der Waals surface area (Å²) in [6.07, 6.45) is 1.78. The zero-order valence-corrected chi connectivity index (χ0v) is 14.5. The highest BCUT2D eigenvalue weighted by Gasteiger charge is 2.33. The SMILES string of the molecule is COc1ccc(C(=O)N2CCCC2c2n[nH]c(C)n2)cc1OCCN. The Morgan fingerprint density at radius 1 is 1.44 bits per heavy atom. The standard InChI is InChI=1S/C17H23N5O3/c1-11-19-16(21-20-11)13-4-3-8-22(13)17(23)12-5-6-14(24-2)15(10-12)25-9-7-18/h5-6,10,13H,3-4,7-9,18H2,1-2H3,(H,19,20,21). The predicted molar refractivity (Wildman–Crippen MR) is 91.7 cm³/mol. The van der Waals surface area contributed by atoms with Crippen LogP contribution in [0.2, 0.25) is 0 Å². The summed E-state index contributed by atoms with van der Waals surface area (Å²) in [5.41, 5.74) is 6.04. The van der Waals surface area contributed by atoms with Gasteiger partial charge in [-0.3, -0.25) is 9.89 Å². The lowest BCUT2D eigenvalue weighted by atomic mass is 10.1. The molecule has 1 aromatic heterocycles. The summed E-state index contributed by atoms with van der Waals surface area (Å²) in [4.78, 5) is 19.2. The lowest BCUT2D eigenvalue weighted by Crippen LogP contribution is -2.31. The fourth-order valence-electron chi connectivity index (χ4n) is 3.04. The monoisotopic (exact) mass is 345 g/mol. The van der Waals surface area contributed by atoms with Crippen molar-refractivity contribution in [3.8, 4) is 11.5 Å². The number of nitrogens with one attached hydrogen (secondary N) is 1. The number of H-pyrrole nitrogens is 1. The highest BCUT2D eigenvalue weighted by molar-refractivity contribution is 5.95. The third kappa shape index (κ3) is 3.58. The Balaban J connectivity index is 1.84. The van der Waals surface area contributed by atoms with Crippen LogP contribution in [0.3, 0.4) is 0 Å². The fourth-order valence-corrected chi connectivity index (χ4v) is 3.04. The number of methoxy groups -OCH3 is 1. The first-order valence-electron chi connectivity index (χ1n) is 8.34. The molecule has 1 aromatic carbocycles. The number of aromatic nitrogens is 3. The van der Waals surface area contributed by atoms with Crippen LogP contribution in [-0.2, 0) is 0 Å². The normalized spacial score (nSPS) is 16.9. The number of ether oxygens (including phenoxy) is 2. The molecule has 0 bridgehead atoms. The van der Waals surface area contributed by atoms with Crippen LogP contribution in [0.4, 0.5) is 0 Å². The van der Waals surface area contributed by atoms with Gasteiger partial charge in [0.1, 0.15) is 12.4 Å². The molecule has 25 heavy (non-hydrogen) atoms. The van der Waals surface area contributed by atoms with Crippen LogP contribution in [-0.4, -0.2) is 52.8 Å². The number of aromatic amines is 1. The largest absolute Gasteiger partial charge is 0.493 e. The molecule has 2 aromatic rings. The first-order chi connectivity index (χ1) is 12.1. The molecule has 0 saturated carbocycles. The van der Waals surface area contributed by atoms with E-state index in [1.807, 2.05) is 11.8 Å². The van der Waals surface area contributed by atoms with E-state index < -0.39 is 0 Å². The van der Waals surface area contributed by atoms with Crippen molar-refractivity contribution in [2.45, 2.75) is 25.8 Å². The number of likely N-dealkylation sites (tertiary alicyclic amines) is 1. The third-order valence-electron chi connectivity index (χ3n) is 4.21. The third-order valence-corrected chi connectivity index (χ3v) is 4.21. The number of amides is 1. The number of rotatable bonds is 6. The lowest BCUT2D eigenvalue weighted by Gasteiger charge is -2.23. The van der Waals surface area contributed by atoms with Crippen LogP contribution < -0.4 is 15.2 Å². The molecule has 1 amide bonds. The molecule has 1 fully saturated rings. The summed E-state index contributed by atoms with van der Waals surface area (Å²) in [6, 6.07) is 5.08. The molecular weight excluding hydrogens is 322 g/mol. The van der Waals surface area contributed by atoms with Crippen molar-refractivity contribution in [2.75, 3.05) is 26.8 Å². The minimum Gasteiger partial charge on any atom is -0.493 e. The second kappa shape index (κ2) is 7.52. The summed E-state index contributed by atoms with van der Waals surface area (Å²) in [5, 5.41) is 7.07. The van der Waals surface area contributed by atoms with Gasteiger partial charge in [-0.25, -0.2) is 4.98 Å². The Labute approximate surface area is 146 Å². The van der Waals surface area contributed by atoms with Crippen LogP contribution in [0.1, 0.15) is 40.9 Å². The average molecular weight is 345 g/mol. The number of nitrogens with two attached hydrogens (primary N) is 1.